The minimum absolute atomic E-state index is 0.406. The lowest BCUT2D eigenvalue weighted by molar-refractivity contribution is 0.411. The first-order valence-corrected chi connectivity index (χ1v) is 6.16. The highest BCUT2D eigenvalue weighted by molar-refractivity contribution is 9.10. The summed E-state index contributed by atoms with van der Waals surface area (Å²) in [7, 11) is 0. The molecule has 0 radical (unpaired) electrons. The third-order valence-corrected chi connectivity index (χ3v) is 3.28. The molecule has 0 saturated heterocycles. The maximum atomic E-state index is 5.87. The van der Waals surface area contributed by atoms with Gasteiger partial charge in [-0.1, -0.05) is 0 Å². The zero-order valence-electron chi connectivity index (χ0n) is 8.62. The van der Waals surface area contributed by atoms with Crippen molar-refractivity contribution >= 4 is 21.6 Å². The number of nitrogens with one attached hydrogen (secondary N) is 1. The van der Waals surface area contributed by atoms with Crippen molar-refractivity contribution < 1.29 is 0 Å². The van der Waals surface area contributed by atoms with E-state index in [-0.39, 0.29) is 0 Å². The van der Waals surface area contributed by atoms with Gasteiger partial charge >= 0.3 is 0 Å². The lowest BCUT2D eigenvalue weighted by atomic mass is 9.92. The number of nitrogens with zero attached hydrogens (tertiary/aromatic N) is 1. The van der Waals surface area contributed by atoms with Gasteiger partial charge in [-0.3, -0.25) is 4.98 Å². The van der Waals surface area contributed by atoms with Gasteiger partial charge in [0.15, 0.2) is 0 Å². The topological polar surface area (TPSA) is 50.9 Å². The van der Waals surface area contributed by atoms with Crippen LogP contribution < -0.4 is 11.1 Å². The number of rotatable bonds is 2. The molecule has 0 amide bonds. The van der Waals surface area contributed by atoms with E-state index < -0.39 is 0 Å². The minimum atomic E-state index is 0.406. The molecule has 0 bridgehead atoms. The molecule has 1 heterocycles. The van der Waals surface area contributed by atoms with E-state index in [0.29, 0.717) is 12.1 Å². The van der Waals surface area contributed by atoms with Crippen molar-refractivity contribution in [2.24, 2.45) is 5.73 Å². The minimum Gasteiger partial charge on any atom is -0.381 e. The highest BCUT2D eigenvalue weighted by atomic mass is 79.9. The van der Waals surface area contributed by atoms with Crippen molar-refractivity contribution in [3.8, 4) is 0 Å². The molecule has 3 N–H and O–H groups in total. The van der Waals surface area contributed by atoms with Crippen LogP contribution in [0.3, 0.4) is 0 Å². The summed E-state index contributed by atoms with van der Waals surface area (Å²) < 4.78 is 1.01. The molecule has 1 saturated carbocycles. The molecule has 3 nitrogen and oxygen atoms in total. The first kappa shape index (κ1) is 10.9. The summed E-state index contributed by atoms with van der Waals surface area (Å²) in [4.78, 5) is 4.13. The Bertz CT molecular complexity index is 321. The molecule has 1 fully saturated rings. The highest BCUT2D eigenvalue weighted by Gasteiger charge is 2.18. The number of nitrogens with two attached hydrogens (primary N) is 1. The zero-order chi connectivity index (χ0) is 10.7. The number of halogens is 1. The van der Waals surface area contributed by atoms with Crippen LogP contribution >= 0.6 is 15.9 Å². The third-order valence-electron chi connectivity index (χ3n) is 2.85. The van der Waals surface area contributed by atoms with Crippen LogP contribution in [0.15, 0.2) is 22.9 Å². The molecule has 4 heteroatoms. The first-order chi connectivity index (χ1) is 7.24. The largest absolute Gasteiger partial charge is 0.381 e. The standard InChI is InChI=1S/C11H16BrN3/c12-8-5-11(7-14-6-8)15-10-3-1-9(13)2-4-10/h5-7,9-10,15H,1-4,13H2. The van der Waals surface area contributed by atoms with Crippen LogP contribution in [0.2, 0.25) is 0 Å². The summed E-state index contributed by atoms with van der Waals surface area (Å²) in [6.07, 6.45) is 8.22. The van der Waals surface area contributed by atoms with Crippen molar-refractivity contribution in [3.63, 3.8) is 0 Å². The van der Waals surface area contributed by atoms with Gasteiger partial charge in [-0.25, -0.2) is 0 Å². The SMILES string of the molecule is NC1CCC(Nc2cncc(Br)c2)CC1. The van der Waals surface area contributed by atoms with E-state index in [1.165, 1.54) is 0 Å². The molecule has 0 aromatic carbocycles. The summed E-state index contributed by atoms with van der Waals surface area (Å²) >= 11 is 3.41. The molecule has 0 aliphatic heterocycles. The van der Waals surface area contributed by atoms with Gasteiger partial charge < -0.3 is 11.1 Å². The maximum Gasteiger partial charge on any atom is 0.0540 e. The second-order valence-electron chi connectivity index (χ2n) is 4.15. The molecule has 15 heavy (non-hydrogen) atoms. The van der Waals surface area contributed by atoms with E-state index in [0.717, 1.165) is 35.8 Å². The second-order valence-corrected chi connectivity index (χ2v) is 5.06. The number of hydrogen-bond donors (Lipinski definition) is 2. The van der Waals surface area contributed by atoms with E-state index in [4.69, 9.17) is 5.73 Å². The Morgan fingerprint density at radius 1 is 1.27 bits per heavy atom. The first-order valence-electron chi connectivity index (χ1n) is 5.37. The van der Waals surface area contributed by atoms with Crippen LogP contribution in [0.5, 0.6) is 0 Å². The Labute approximate surface area is 98.6 Å². The Kier molecular flexibility index (Phi) is 3.59. The number of hydrogen-bond acceptors (Lipinski definition) is 3. The molecule has 1 aliphatic rings. The van der Waals surface area contributed by atoms with Gasteiger partial charge in [0, 0.05) is 22.8 Å². The quantitative estimate of drug-likeness (QED) is 0.868. The molecular weight excluding hydrogens is 254 g/mol. The molecule has 82 valence electrons. The molecule has 2 rings (SSSR count). The summed E-state index contributed by atoms with van der Waals surface area (Å²) in [6.45, 7) is 0. The fourth-order valence-electron chi connectivity index (χ4n) is 1.99. The summed E-state index contributed by atoms with van der Waals surface area (Å²) in [6, 6.07) is 3.02. The van der Waals surface area contributed by atoms with E-state index in [1.54, 1.807) is 6.20 Å². The van der Waals surface area contributed by atoms with Crippen molar-refractivity contribution in [2.45, 2.75) is 37.8 Å². The predicted molar refractivity (Wildman–Crippen MR) is 65.8 cm³/mol. The van der Waals surface area contributed by atoms with E-state index in [9.17, 15) is 0 Å². The number of pyridine rings is 1. The fourth-order valence-corrected chi connectivity index (χ4v) is 2.35. The predicted octanol–water partition coefficient (Wildman–Crippen LogP) is 2.53. The van der Waals surface area contributed by atoms with Gasteiger partial charge in [0.1, 0.15) is 0 Å². The third kappa shape index (κ3) is 3.18. The van der Waals surface area contributed by atoms with Gasteiger partial charge in [0.05, 0.1) is 11.9 Å². The van der Waals surface area contributed by atoms with Gasteiger partial charge in [-0.05, 0) is 47.7 Å². The average molecular weight is 270 g/mol. The maximum absolute atomic E-state index is 5.87. The fraction of sp³-hybridized carbons (Fsp3) is 0.545. The second kappa shape index (κ2) is 4.94. The van der Waals surface area contributed by atoms with Crippen molar-refractivity contribution in [1.29, 1.82) is 0 Å². The Balaban J connectivity index is 1.92. The summed E-state index contributed by atoms with van der Waals surface area (Å²) in [5.41, 5.74) is 6.95. The van der Waals surface area contributed by atoms with E-state index in [1.807, 2.05) is 6.20 Å². The van der Waals surface area contributed by atoms with Crippen LogP contribution in [0, 0.1) is 0 Å². The molecule has 0 atom stereocenters. The zero-order valence-corrected chi connectivity index (χ0v) is 10.2. The molecule has 1 aliphatic carbocycles. The molecule has 1 aromatic rings. The normalized spacial score (nSPS) is 26.3. The number of anilines is 1. The van der Waals surface area contributed by atoms with Gasteiger partial charge in [-0.15, -0.1) is 0 Å². The van der Waals surface area contributed by atoms with Gasteiger partial charge in [0.2, 0.25) is 0 Å². The molecular formula is C11H16BrN3. The van der Waals surface area contributed by atoms with Crippen molar-refractivity contribution in [3.05, 3.63) is 22.9 Å². The molecule has 0 spiro atoms. The Morgan fingerprint density at radius 3 is 2.67 bits per heavy atom. The van der Waals surface area contributed by atoms with Crippen molar-refractivity contribution in [2.75, 3.05) is 5.32 Å². The van der Waals surface area contributed by atoms with Crippen LogP contribution in [0.4, 0.5) is 5.69 Å². The Hall–Kier alpha value is -0.610. The van der Waals surface area contributed by atoms with Crippen molar-refractivity contribution in [1.82, 2.24) is 4.98 Å². The lowest BCUT2D eigenvalue weighted by Gasteiger charge is -2.27. The highest BCUT2D eigenvalue weighted by Crippen LogP contribution is 2.22. The van der Waals surface area contributed by atoms with Crippen LogP contribution in [-0.2, 0) is 0 Å². The monoisotopic (exact) mass is 269 g/mol. The van der Waals surface area contributed by atoms with E-state index in [2.05, 4.69) is 32.3 Å². The molecule has 0 unspecified atom stereocenters. The summed E-state index contributed by atoms with van der Waals surface area (Å²) in [5.74, 6) is 0. The van der Waals surface area contributed by atoms with Gasteiger partial charge in [0.25, 0.3) is 0 Å². The van der Waals surface area contributed by atoms with Crippen LogP contribution in [0.25, 0.3) is 0 Å². The van der Waals surface area contributed by atoms with Crippen LogP contribution in [-0.4, -0.2) is 17.1 Å². The smallest absolute Gasteiger partial charge is 0.0540 e. The average Bonchev–Trinajstić information content (AvgIpc) is 2.22. The van der Waals surface area contributed by atoms with Crippen LogP contribution in [0.1, 0.15) is 25.7 Å². The van der Waals surface area contributed by atoms with Gasteiger partial charge in [-0.2, -0.15) is 0 Å². The Morgan fingerprint density at radius 2 is 2.00 bits per heavy atom. The lowest BCUT2D eigenvalue weighted by Crippen LogP contribution is -2.32. The van der Waals surface area contributed by atoms with E-state index >= 15 is 0 Å². The number of aromatic nitrogens is 1. The summed E-state index contributed by atoms with van der Waals surface area (Å²) in [5, 5.41) is 3.49. The molecule has 1 aromatic heterocycles.